The molecule has 0 N–H and O–H groups in total. The van der Waals surface area contributed by atoms with E-state index in [9.17, 15) is 26.9 Å². The zero-order valence-corrected chi connectivity index (χ0v) is 17.6. The summed E-state index contributed by atoms with van der Waals surface area (Å²) in [7, 11) is -4.41. The highest BCUT2D eigenvalue weighted by Crippen LogP contribution is 2.34. The third kappa shape index (κ3) is 4.33. The number of fused-ring (bicyclic) bond motifs is 1. The van der Waals surface area contributed by atoms with Crippen LogP contribution < -0.4 is 8.92 Å². The van der Waals surface area contributed by atoms with Crippen molar-refractivity contribution in [2.45, 2.75) is 12.1 Å². The van der Waals surface area contributed by atoms with Crippen LogP contribution in [0, 0.1) is 11.3 Å². The molecule has 4 aromatic rings. The molecule has 0 saturated carbocycles. The SMILES string of the molecule is COc1ccc(Cn2cc(-c3cc(OS(=O)(=O)C(F)(F)F)c4c(C#N)cnn4c3)cn2)cc1. The molecule has 170 valence electrons. The van der Waals surface area contributed by atoms with Gasteiger partial charge in [-0.2, -0.15) is 37.0 Å². The van der Waals surface area contributed by atoms with Crippen molar-refractivity contribution in [2.75, 3.05) is 7.11 Å². The quantitative estimate of drug-likeness (QED) is 0.309. The summed E-state index contributed by atoms with van der Waals surface area (Å²) >= 11 is 0. The Labute approximate surface area is 185 Å². The van der Waals surface area contributed by atoms with Crippen LogP contribution in [0.4, 0.5) is 13.2 Å². The van der Waals surface area contributed by atoms with Gasteiger partial charge >= 0.3 is 15.6 Å². The molecular weight excluding hydrogens is 463 g/mol. The van der Waals surface area contributed by atoms with Crippen LogP contribution in [0.2, 0.25) is 0 Å². The van der Waals surface area contributed by atoms with Gasteiger partial charge in [-0.05, 0) is 23.8 Å². The van der Waals surface area contributed by atoms with Crippen LogP contribution in [-0.2, 0) is 16.7 Å². The first-order chi connectivity index (χ1) is 15.6. The lowest BCUT2D eigenvalue weighted by atomic mass is 10.1. The highest BCUT2D eigenvalue weighted by Gasteiger charge is 2.49. The number of nitriles is 1. The number of hydrogen-bond donors (Lipinski definition) is 0. The predicted molar refractivity (Wildman–Crippen MR) is 109 cm³/mol. The first-order valence-electron chi connectivity index (χ1n) is 9.19. The van der Waals surface area contributed by atoms with Gasteiger partial charge < -0.3 is 8.92 Å². The molecule has 3 heterocycles. The average Bonchev–Trinajstić information content (AvgIpc) is 3.40. The van der Waals surface area contributed by atoms with E-state index in [0.29, 0.717) is 17.9 Å². The van der Waals surface area contributed by atoms with Gasteiger partial charge in [-0.25, -0.2) is 4.52 Å². The lowest BCUT2D eigenvalue weighted by Gasteiger charge is -2.12. The molecule has 33 heavy (non-hydrogen) atoms. The maximum Gasteiger partial charge on any atom is 0.534 e. The summed E-state index contributed by atoms with van der Waals surface area (Å²) in [6, 6.07) is 10.1. The van der Waals surface area contributed by atoms with E-state index in [0.717, 1.165) is 22.3 Å². The van der Waals surface area contributed by atoms with Crippen molar-refractivity contribution in [1.29, 1.82) is 5.26 Å². The molecule has 0 amide bonds. The van der Waals surface area contributed by atoms with Crippen molar-refractivity contribution >= 4 is 15.6 Å². The number of halogens is 3. The highest BCUT2D eigenvalue weighted by molar-refractivity contribution is 7.88. The van der Waals surface area contributed by atoms with Crippen LogP contribution in [0.1, 0.15) is 11.1 Å². The number of rotatable bonds is 6. The number of hydrogen-bond acceptors (Lipinski definition) is 7. The van der Waals surface area contributed by atoms with Gasteiger partial charge in [-0.1, -0.05) is 12.1 Å². The fourth-order valence-corrected chi connectivity index (χ4v) is 3.53. The van der Waals surface area contributed by atoms with Gasteiger partial charge in [0.2, 0.25) is 0 Å². The number of nitrogens with zero attached hydrogens (tertiary/aromatic N) is 5. The number of aromatic nitrogens is 4. The number of benzene rings is 1. The molecule has 0 aliphatic heterocycles. The van der Waals surface area contributed by atoms with E-state index in [1.807, 2.05) is 12.1 Å². The minimum absolute atomic E-state index is 0.149. The van der Waals surface area contributed by atoms with Gasteiger partial charge in [0.15, 0.2) is 5.75 Å². The van der Waals surface area contributed by atoms with E-state index in [1.54, 1.807) is 36.2 Å². The summed E-state index contributed by atoms with van der Waals surface area (Å²) in [4.78, 5) is 0. The number of ether oxygens (including phenoxy) is 1. The second-order valence-electron chi connectivity index (χ2n) is 6.81. The number of pyridine rings is 1. The van der Waals surface area contributed by atoms with Crippen LogP contribution in [0.15, 0.2) is 55.1 Å². The summed E-state index contributed by atoms with van der Waals surface area (Å²) in [5.41, 5.74) is -4.33. The van der Waals surface area contributed by atoms with Crippen LogP contribution in [0.5, 0.6) is 11.5 Å². The Morgan fingerprint density at radius 3 is 2.45 bits per heavy atom. The van der Waals surface area contributed by atoms with Gasteiger partial charge in [0.25, 0.3) is 0 Å². The van der Waals surface area contributed by atoms with Crippen molar-refractivity contribution in [3.8, 4) is 28.7 Å². The monoisotopic (exact) mass is 477 g/mol. The molecule has 0 spiro atoms. The van der Waals surface area contributed by atoms with Crippen molar-refractivity contribution in [3.63, 3.8) is 0 Å². The first kappa shape index (κ1) is 22.2. The Bertz CT molecular complexity index is 1470. The largest absolute Gasteiger partial charge is 0.534 e. The average molecular weight is 477 g/mol. The third-order valence-corrected chi connectivity index (χ3v) is 5.62. The molecule has 3 aromatic heterocycles. The minimum atomic E-state index is -5.97. The van der Waals surface area contributed by atoms with Crippen LogP contribution in [0.3, 0.4) is 0 Å². The Kier molecular flexibility index (Phi) is 5.46. The molecule has 4 rings (SSSR count). The maximum atomic E-state index is 12.9. The zero-order valence-electron chi connectivity index (χ0n) is 16.8. The van der Waals surface area contributed by atoms with Crippen LogP contribution in [-0.4, -0.2) is 40.4 Å². The molecule has 1 aromatic carbocycles. The van der Waals surface area contributed by atoms with E-state index in [-0.39, 0.29) is 16.6 Å². The molecular formula is C20H14F3N5O4S. The smallest absolute Gasteiger partial charge is 0.497 e. The summed E-state index contributed by atoms with van der Waals surface area (Å²) in [6.45, 7) is 0.401. The molecule has 0 saturated heterocycles. The molecule has 0 unspecified atom stereocenters. The molecule has 0 atom stereocenters. The summed E-state index contributed by atoms with van der Waals surface area (Å²) in [5, 5.41) is 17.4. The summed E-state index contributed by atoms with van der Waals surface area (Å²) in [5.74, 6) is 0.0206. The fourth-order valence-electron chi connectivity index (χ4n) is 3.07. The van der Waals surface area contributed by atoms with Gasteiger partial charge in [0, 0.05) is 23.5 Å². The van der Waals surface area contributed by atoms with E-state index < -0.39 is 21.4 Å². The van der Waals surface area contributed by atoms with Gasteiger partial charge in [-0.3, -0.25) is 4.68 Å². The van der Waals surface area contributed by atoms with E-state index in [4.69, 9.17) is 4.74 Å². The van der Waals surface area contributed by atoms with E-state index in [2.05, 4.69) is 14.4 Å². The van der Waals surface area contributed by atoms with Crippen molar-refractivity contribution in [1.82, 2.24) is 19.4 Å². The Morgan fingerprint density at radius 1 is 1.09 bits per heavy atom. The molecule has 0 aliphatic rings. The van der Waals surface area contributed by atoms with Crippen molar-refractivity contribution in [2.24, 2.45) is 0 Å². The number of alkyl halides is 3. The predicted octanol–water partition coefficient (Wildman–Crippen LogP) is 3.35. The fraction of sp³-hybridized carbons (Fsp3) is 0.150. The maximum absolute atomic E-state index is 12.9. The van der Waals surface area contributed by atoms with Crippen LogP contribution >= 0.6 is 0 Å². The minimum Gasteiger partial charge on any atom is -0.497 e. The molecule has 0 radical (unpaired) electrons. The zero-order chi connectivity index (χ0) is 23.8. The molecule has 13 heteroatoms. The van der Waals surface area contributed by atoms with Crippen molar-refractivity contribution in [3.05, 3.63) is 66.2 Å². The Balaban J connectivity index is 1.72. The summed E-state index contributed by atoms with van der Waals surface area (Å²) < 4.78 is 74.0. The Hall–Kier alpha value is -4.05. The molecule has 0 fully saturated rings. The topological polar surface area (TPSA) is 112 Å². The highest BCUT2D eigenvalue weighted by atomic mass is 32.2. The lowest BCUT2D eigenvalue weighted by molar-refractivity contribution is -0.0499. The lowest BCUT2D eigenvalue weighted by Crippen LogP contribution is -2.28. The van der Waals surface area contributed by atoms with Gasteiger partial charge in [0.05, 0.1) is 26.0 Å². The molecule has 0 aliphatic carbocycles. The second-order valence-corrected chi connectivity index (χ2v) is 8.35. The van der Waals surface area contributed by atoms with Crippen molar-refractivity contribution < 1.29 is 30.5 Å². The Morgan fingerprint density at radius 2 is 1.82 bits per heavy atom. The standard InChI is InChI=1S/C20H14F3N5O4S/c1-31-17-4-2-13(3-5-17)10-27-11-16(9-25-27)14-6-18(32-33(29,30)20(21,22)23)19-15(7-24)8-26-28(19)12-14/h2-6,8-9,11-12H,10H2,1H3. The second kappa shape index (κ2) is 8.14. The van der Waals surface area contributed by atoms with E-state index >= 15 is 0 Å². The molecule has 0 bridgehead atoms. The van der Waals surface area contributed by atoms with Gasteiger partial charge in [0.1, 0.15) is 22.9 Å². The first-order valence-corrected chi connectivity index (χ1v) is 10.6. The number of methoxy groups -OCH3 is 1. The molecule has 9 nitrogen and oxygen atoms in total. The normalized spacial score (nSPS) is 12.0. The third-order valence-electron chi connectivity index (χ3n) is 4.65. The summed E-state index contributed by atoms with van der Waals surface area (Å²) in [6.07, 6.45) is 5.61. The van der Waals surface area contributed by atoms with Crippen LogP contribution in [0.25, 0.3) is 16.6 Å². The van der Waals surface area contributed by atoms with Gasteiger partial charge in [-0.15, -0.1) is 0 Å². The van der Waals surface area contributed by atoms with E-state index in [1.165, 1.54) is 12.4 Å².